The van der Waals surface area contributed by atoms with Gasteiger partial charge in [-0.25, -0.2) is 8.78 Å². The minimum Gasteiger partial charge on any atom is -0.479 e. The first-order valence-electron chi connectivity index (χ1n) is 11.1. The summed E-state index contributed by atoms with van der Waals surface area (Å²) in [6.45, 7) is -1.81. The maximum atomic E-state index is 14.0. The lowest BCUT2D eigenvalue weighted by molar-refractivity contribution is -0.138. The molecular weight excluding hydrogens is 556 g/mol. The van der Waals surface area contributed by atoms with Crippen molar-refractivity contribution in [1.29, 1.82) is 0 Å². The smallest absolute Gasteiger partial charge is 0.417 e. The zero-order valence-corrected chi connectivity index (χ0v) is 19.7. The van der Waals surface area contributed by atoms with Crippen LogP contribution in [0.2, 0.25) is 0 Å². The van der Waals surface area contributed by atoms with E-state index in [2.05, 4.69) is 20.5 Å². The Bertz CT molecular complexity index is 1500. The first kappa shape index (κ1) is 28.1. The van der Waals surface area contributed by atoms with E-state index in [1.54, 1.807) is 0 Å². The Morgan fingerprint density at radius 3 is 2.48 bits per heavy atom. The normalized spacial score (nSPS) is 15.6. The van der Waals surface area contributed by atoms with Gasteiger partial charge in [0.1, 0.15) is 12.6 Å². The van der Waals surface area contributed by atoms with Crippen molar-refractivity contribution in [3.05, 3.63) is 65.1 Å². The van der Waals surface area contributed by atoms with E-state index in [0.29, 0.717) is 0 Å². The van der Waals surface area contributed by atoms with E-state index in [0.717, 1.165) is 18.2 Å². The fourth-order valence-electron chi connectivity index (χ4n) is 3.54. The molecule has 1 aliphatic heterocycles. The molecule has 210 valence electrons. The highest BCUT2D eigenvalue weighted by atomic mass is 19.4. The van der Waals surface area contributed by atoms with Crippen molar-refractivity contribution in [3.63, 3.8) is 0 Å². The number of ketones is 1. The molecule has 2 aromatic carbocycles. The second kappa shape index (κ2) is 11.1. The molecule has 10 nitrogen and oxygen atoms in total. The van der Waals surface area contributed by atoms with Crippen LogP contribution in [0.5, 0.6) is 11.5 Å². The number of hydrogen-bond donors (Lipinski definition) is 2. The third-order valence-corrected chi connectivity index (χ3v) is 5.41. The number of rotatable bonds is 5. The zero-order valence-electron chi connectivity index (χ0n) is 19.7. The lowest BCUT2D eigenvalue weighted by Gasteiger charge is -2.15. The number of esters is 1. The summed E-state index contributed by atoms with van der Waals surface area (Å²) in [5.41, 5.74) is -1.88. The Morgan fingerprint density at radius 1 is 1.02 bits per heavy atom. The van der Waals surface area contributed by atoms with Crippen molar-refractivity contribution in [1.82, 2.24) is 15.8 Å². The Balaban J connectivity index is 1.39. The van der Waals surface area contributed by atoms with Gasteiger partial charge < -0.3 is 24.6 Å². The molecule has 0 saturated carbocycles. The molecular formula is C24H15F6N3O7. The van der Waals surface area contributed by atoms with Crippen LogP contribution in [0.25, 0.3) is 11.3 Å². The van der Waals surface area contributed by atoms with Gasteiger partial charge in [-0.15, -0.1) is 0 Å². The molecule has 0 radical (unpaired) electrons. The van der Waals surface area contributed by atoms with Crippen LogP contribution in [0, 0.1) is 17.5 Å². The number of Topliss-reactive ketones (excluding diaryl/α,β-unsaturated/α-hetero) is 1. The van der Waals surface area contributed by atoms with Crippen LogP contribution >= 0.6 is 0 Å². The van der Waals surface area contributed by atoms with Gasteiger partial charge in [0.2, 0.25) is 23.2 Å². The second-order valence-corrected chi connectivity index (χ2v) is 8.17. The van der Waals surface area contributed by atoms with Crippen molar-refractivity contribution in [2.24, 2.45) is 0 Å². The van der Waals surface area contributed by atoms with E-state index in [9.17, 15) is 45.5 Å². The van der Waals surface area contributed by atoms with Gasteiger partial charge in [0.05, 0.1) is 18.5 Å². The third kappa shape index (κ3) is 6.05. The molecule has 40 heavy (non-hydrogen) atoms. The first-order chi connectivity index (χ1) is 18.8. The average Bonchev–Trinajstić information content (AvgIpc) is 3.40. The molecule has 3 aromatic rings. The van der Waals surface area contributed by atoms with E-state index in [-0.39, 0.29) is 17.4 Å². The molecule has 16 heteroatoms. The lowest BCUT2D eigenvalue weighted by atomic mass is 10.0. The molecule has 2 amide bonds. The predicted octanol–water partition coefficient (Wildman–Crippen LogP) is 2.95. The number of amides is 2. The van der Waals surface area contributed by atoms with Crippen molar-refractivity contribution in [2.75, 3.05) is 13.2 Å². The maximum absolute atomic E-state index is 14.0. The Kier molecular flexibility index (Phi) is 7.79. The first-order valence-corrected chi connectivity index (χ1v) is 11.1. The summed E-state index contributed by atoms with van der Waals surface area (Å²) in [5, 5.41) is 7.61. The number of nitrogens with zero attached hydrogens (tertiary/aromatic N) is 1. The lowest BCUT2D eigenvalue weighted by Crippen LogP contribution is -2.48. The van der Waals surface area contributed by atoms with Crippen LogP contribution < -0.4 is 20.1 Å². The predicted molar refractivity (Wildman–Crippen MR) is 118 cm³/mol. The number of alkyl halides is 3. The number of fused-ring (bicyclic) bond motifs is 1. The molecule has 2 N–H and O–H groups in total. The summed E-state index contributed by atoms with van der Waals surface area (Å²) >= 11 is 0. The van der Waals surface area contributed by atoms with E-state index in [1.807, 2.05) is 0 Å². The van der Waals surface area contributed by atoms with Crippen molar-refractivity contribution in [3.8, 4) is 22.8 Å². The summed E-state index contributed by atoms with van der Waals surface area (Å²) in [5.74, 6) is -11.8. The van der Waals surface area contributed by atoms with Crippen LogP contribution in [-0.2, 0) is 20.6 Å². The fraction of sp³-hybridized carbons (Fsp3) is 0.208. The Morgan fingerprint density at radius 2 is 1.75 bits per heavy atom. The number of hydrogen-bond acceptors (Lipinski definition) is 8. The van der Waals surface area contributed by atoms with Gasteiger partial charge in [0, 0.05) is 17.7 Å². The standard InChI is InChI=1S/C24H15F6N3O7/c25-12-5-13(26)21-22(20(12)27)38-9-16(34)14(7-19(36)39-21)32-18(35)8-31-23(37)15-6-17(40-33-15)10-3-1-2-4-11(10)24(28,29)30/h1-6,14H,7-9H2,(H,31,37)(H,32,35). The molecule has 1 aromatic heterocycles. The number of benzene rings is 2. The van der Waals surface area contributed by atoms with Crippen LogP contribution in [-0.4, -0.2) is 47.9 Å². The number of aromatic nitrogens is 1. The number of carbonyl (C=O) groups excluding carboxylic acids is 4. The molecule has 1 unspecified atom stereocenters. The van der Waals surface area contributed by atoms with Gasteiger partial charge in [-0.05, 0) is 6.07 Å². The van der Waals surface area contributed by atoms with Gasteiger partial charge >= 0.3 is 12.1 Å². The monoisotopic (exact) mass is 571 g/mol. The molecule has 0 aliphatic carbocycles. The fourth-order valence-corrected chi connectivity index (χ4v) is 3.54. The topological polar surface area (TPSA) is 137 Å². The summed E-state index contributed by atoms with van der Waals surface area (Å²) in [7, 11) is 0. The molecule has 0 saturated heterocycles. The highest BCUT2D eigenvalue weighted by Crippen LogP contribution is 2.37. The van der Waals surface area contributed by atoms with Crippen LogP contribution in [0.15, 0.2) is 40.9 Å². The summed E-state index contributed by atoms with van der Waals surface area (Å²) in [4.78, 5) is 49.3. The minimum atomic E-state index is -4.71. The average molecular weight is 571 g/mol. The summed E-state index contributed by atoms with van der Waals surface area (Å²) in [6.07, 6.45) is -5.57. The number of carbonyl (C=O) groups is 4. The van der Waals surface area contributed by atoms with Gasteiger partial charge in [0.15, 0.2) is 28.9 Å². The summed E-state index contributed by atoms with van der Waals surface area (Å²) in [6, 6.07) is 3.81. The number of ether oxygens (including phenoxy) is 2. The zero-order chi connectivity index (χ0) is 29.2. The molecule has 1 aliphatic rings. The highest BCUT2D eigenvalue weighted by Gasteiger charge is 2.35. The largest absolute Gasteiger partial charge is 0.479 e. The molecule has 0 spiro atoms. The number of halogens is 6. The van der Waals surface area contributed by atoms with Crippen molar-refractivity contribution < 1.29 is 59.5 Å². The van der Waals surface area contributed by atoms with E-state index >= 15 is 0 Å². The quantitative estimate of drug-likeness (QED) is 0.207. The van der Waals surface area contributed by atoms with Crippen LogP contribution in [0.3, 0.4) is 0 Å². The van der Waals surface area contributed by atoms with E-state index < -0.39 is 95.6 Å². The second-order valence-electron chi connectivity index (χ2n) is 8.17. The van der Waals surface area contributed by atoms with Gasteiger partial charge in [-0.2, -0.15) is 17.6 Å². The Labute approximate surface area is 219 Å². The maximum Gasteiger partial charge on any atom is 0.417 e. The molecule has 2 heterocycles. The van der Waals surface area contributed by atoms with Gasteiger partial charge in [-0.1, -0.05) is 23.4 Å². The molecule has 0 bridgehead atoms. The van der Waals surface area contributed by atoms with E-state index in [4.69, 9.17) is 9.26 Å². The summed E-state index contributed by atoms with van der Waals surface area (Å²) < 4.78 is 95.6. The molecule has 1 atom stereocenters. The van der Waals surface area contributed by atoms with Crippen LogP contribution in [0.4, 0.5) is 26.3 Å². The van der Waals surface area contributed by atoms with Crippen LogP contribution in [0.1, 0.15) is 22.5 Å². The Hall–Kier alpha value is -4.89. The SMILES string of the molecule is O=C(CNC(=O)c1cc(-c2ccccc2C(F)(F)F)on1)NC1CC(=O)Oc2c(F)cc(F)c(F)c2OCC1=O. The van der Waals surface area contributed by atoms with Crippen molar-refractivity contribution >= 4 is 23.6 Å². The van der Waals surface area contributed by atoms with E-state index in [1.165, 1.54) is 12.1 Å². The molecule has 4 rings (SSSR count). The molecule has 0 fully saturated rings. The van der Waals surface area contributed by atoms with Gasteiger partial charge in [0.25, 0.3) is 5.91 Å². The minimum absolute atomic E-state index is 0.110. The number of nitrogens with one attached hydrogen (secondary N) is 2. The highest BCUT2D eigenvalue weighted by molar-refractivity contribution is 5.97. The third-order valence-electron chi connectivity index (χ3n) is 5.41. The van der Waals surface area contributed by atoms with Gasteiger partial charge in [-0.3, -0.25) is 19.2 Å². The van der Waals surface area contributed by atoms with Crippen molar-refractivity contribution in [2.45, 2.75) is 18.6 Å².